The molecule has 6 unspecified atom stereocenters. The van der Waals surface area contributed by atoms with Crippen LogP contribution < -0.4 is 0 Å². The average Bonchev–Trinajstić information content (AvgIpc) is 2.92. The Bertz CT molecular complexity index is 716. The van der Waals surface area contributed by atoms with Gasteiger partial charge in [-0.05, 0) is 37.3 Å². The number of esters is 2. The standard InChI is InChI=1S/C21H30O6S/c1-12-17-18(24-4)20(3)13(2)15(26-16(22)9-10-28-6)8-7-14(20)11-21(17,25-5)27-19(12)23/h9-10,13-15,18H,7-8,11H2,1-6H3. The van der Waals surface area contributed by atoms with Crippen LogP contribution in [-0.4, -0.2) is 50.4 Å². The molecule has 3 rings (SSSR count). The van der Waals surface area contributed by atoms with E-state index in [2.05, 4.69) is 13.8 Å². The fourth-order valence-corrected chi connectivity index (χ4v) is 5.66. The topological polar surface area (TPSA) is 71.1 Å². The molecule has 1 aliphatic heterocycles. The smallest absolute Gasteiger partial charge is 0.336 e. The van der Waals surface area contributed by atoms with Crippen molar-refractivity contribution in [2.45, 2.75) is 58.0 Å². The van der Waals surface area contributed by atoms with Gasteiger partial charge in [0, 0.05) is 49.2 Å². The van der Waals surface area contributed by atoms with Gasteiger partial charge >= 0.3 is 11.9 Å². The van der Waals surface area contributed by atoms with Gasteiger partial charge in [-0.15, -0.1) is 11.8 Å². The first-order valence-electron chi connectivity index (χ1n) is 9.67. The lowest BCUT2D eigenvalue weighted by Gasteiger charge is -2.58. The molecular weight excluding hydrogens is 380 g/mol. The molecule has 6 nitrogen and oxygen atoms in total. The van der Waals surface area contributed by atoms with Crippen molar-refractivity contribution in [3.8, 4) is 0 Å². The van der Waals surface area contributed by atoms with Crippen LogP contribution >= 0.6 is 11.8 Å². The van der Waals surface area contributed by atoms with E-state index in [1.165, 1.54) is 17.8 Å². The summed E-state index contributed by atoms with van der Waals surface area (Å²) >= 11 is 1.46. The number of carbonyl (C=O) groups is 2. The molecule has 156 valence electrons. The van der Waals surface area contributed by atoms with Crippen LogP contribution in [0, 0.1) is 17.3 Å². The number of methoxy groups -OCH3 is 2. The summed E-state index contributed by atoms with van der Waals surface area (Å²) in [5, 5.41) is 1.72. The first-order valence-corrected chi connectivity index (χ1v) is 11.0. The molecule has 0 N–H and O–H groups in total. The highest BCUT2D eigenvalue weighted by atomic mass is 32.2. The van der Waals surface area contributed by atoms with Crippen molar-refractivity contribution < 1.29 is 28.5 Å². The van der Waals surface area contributed by atoms with Crippen LogP contribution in [0.4, 0.5) is 0 Å². The van der Waals surface area contributed by atoms with E-state index in [0.29, 0.717) is 12.0 Å². The number of fused-ring (bicyclic) bond motifs is 2. The second-order valence-corrected chi connectivity index (χ2v) is 8.89. The van der Waals surface area contributed by atoms with E-state index in [4.69, 9.17) is 18.9 Å². The van der Waals surface area contributed by atoms with Gasteiger partial charge in [-0.1, -0.05) is 13.8 Å². The molecule has 2 aliphatic carbocycles. The predicted octanol–water partition coefficient (Wildman–Crippen LogP) is 3.46. The zero-order valence-corrected chi connectivity index (χ0v) is 18.3. The van der Waals surface area contributed by atoms with Crippen LogP contribution in [0.1, 0.15) is 40.0 Å². The van der Waals surface area contributed by atoms with E-state index in [9.17, 15) is 9.59 Å². The van der Waals surface area contributed by atoms with Gasteiger partial charge in [0.25, 0.3) is 0 Å². The van der Waals surface area contributed by atoms with Crippen molar-refractivity contribution in [1.82, 2.24) is 0 Å². The fourth-order valence-electron chi connectivity index (χ4n) is 5.41. The monoisotopic (exact) mass is 410 g/mol. The molecular formula is C21H30O6S. The molecule has 2 fully saturated rings. The summed E-state index contributed by atoms with van der Waals surface area (Å²) in [5.74, 6) is -1.45. The zero-order valence-electron chi connectivity index (χ0n) is 17.4. The van der Waals surface area contributed by atoms with Gasteiger partial charge in [0.1, 0.15) is 6.10 Å². The first kappa shape index (κ1) is 21.4. The third kappa shape index (κ3) is 3.12. The van der Waals surface area contributed by atoms with E-state index < -0.39 is 5.79 Å². The molecule has 2 saturated carbocycles. The van der Waals surface area contributed by atoms with E-state index in [0.717, 1.165) is 18.4 Å². The fraction of sp³-hybridized carbons (Fsp3) is 0.714. The lowest BCUT2D eigenvalue weighted by atomic mass is 9.51. The van der Waals surface area contributed by atoms with Crippen LogP contribution in [0.5, 0.6) is 0 Å². The molecule has 0 amide bonds. The van der Waals surface area contributed by atoms with Crippen molar-refractivity contribution in [1.29, 1.82) is 0 Å². The number of carbonyl (C=O) groups excluding carboxylic acids is 2. The Kier molecular flexibility index (Phi) is 5.99. The Morgan fingerprint density at radius 1 is 1.32 bits per heavy atom. The summed E-state index contributed by atoms with van der Waals surface area (Å²) in [4.78, 5) is 24.5. The Hall–Kier alpha value is -1.31. The lowest BCUT2D eigenvalue weighted by Crippen LogP contribution is -2.61. The van der Waals surface area contributed by atoms with Crippen LogP contribution in [-0.2, 0) is 28.5 Å². The maximum absolute atomic E-state index is 12.4. The Labute approximate surface area is 171 Å². The van der Waals surface area contributed by atoms with E-state index >= 15 is 0 Å². The summed E-state index contributed by atoms with van der Waals surface area (Å²) in [6, 6.07) is 0. The van der Waals surface area contributed by atoms with Crippen molar-refractivity contribution >= 4 is 23.7 Å². The third-order valence-corrected chi connectivity index (χ3v) is 7.52. The average molecular weight is 411 g/mol. The van der Waals surface area contributed by atoms with E-state index in [-0.39, 0.29) is 41.4 Å². The largest absolute Gasteiger partial charge is 0.459 e. The van der Waals surface area contributed by atoms with Crippen LogP contribution in [0.2, 0.25) is 0 Å². The molecule has 0 radical (unpaired) electrons. The summed E-state index contributed by atoms with van der Waals surface area (Å²) < 4.78 is 23.2. The van der Waals surface area contributed by atoms with Crippen molar-refractivity contribution in [3.63, 3.8) is 0 Å². The van der Waals surface area contributed by atoms with Crippen LogP contribution in [0.3, 0.4) is 0 Å². The highest BCUT2D eigenvalue weighted by Crippen LogP contribution is 2.61. The molecule has 7 heteroatoms. The molecule has 28 heavy (non-hydrogen) atoms. The molecule has 6 atom stereocenters. The quantitative estimate of drug-likeness (QED) is 0.508. The normalized spacial score (nSPS) is 40.3. The minimum absolute atomic E-state index is 0.0497. The summed E-state index contributed by atoms with van der Waals surface area (Å²) in [6.45, 7) is 6.06. The van der Waals surface area contributed by atoms with Crippen LogP contribution in [0.15, 0.2) is 22.6 Å². The predicted molar refractivity (Wildman–Crippen MR) is 106 cm³/mol. The Balaban J connectivity index is 1.96. The number of hydrogen-bond donors (Lipinski definition) is 0. The van der Waals surface area contributed by atoms with Gasteiger partial charge in [0.15, 0.2) is 0 Å². The van der Waals surface area contributed by atoms with Crippen molar-refractivity contribution in [2.75, 3.05) is 20.5 Å². The molecule has 0 aromatic heterocycles. The van der Waals surface area contributed by atoms with Gasteiger partial charge < -0.3 is 18.9 Å². The first-order chi connectivity index (χ1) is 13.2. The molecule has 0 aromatic carbocycles. The Morgan fingerprint density at radius 2 is 2.04 bits per heavy atom. The molecule has 3 aliphatic rings. The zero-order chi connectivity index (χ0) is 20.7. The third-order valence-electron chi connectivity index (χ3n) is 7.11. The SMILES string of the molecule is COC1C2=C(C)C(=O)OC2(OC)CC2CCC(OC(=O)C=CSC)C(C)C21C. The van der Waals surface area contributed by atoms with E-state index in [1.54, 1.807) is 26.6 Å². The van der Waals surface area contributed by atoms with Gasteiger partial charge in [0.2, 0.25) is 5.79 Å². The number of thioether (sulfide) groups is 1. The molecule has 0 bridgehead atoms. The van der Waals surface area contributed by atoms with Gasteiger partial charge in [-0.3, -0.25) is 0 Å². The maximum Gasteiger partial charge on any atom is 0.336 e. The summed E-state index contributed by atoms with van der Waals surface area (Å²) in [5.41, 5.74) is 1.03. The Morgan fingerprint density at radius 3 is 2.64 bits per heavy atom. The number of rotatable bonds is 5. The minimum Gasteiger partial charge on any atom is -0.459 e. The van der Waals surface area contributed by atoms with E-state index in [1.807, 2.05) is 6.26 Å². The van der Waals surface area contributed by atoms with Crippen molar-refractivity contribution in [3.05, 3.63) is 22.6 Å². The van der Waals surface area contributed by atoms with Crippen LogP contribution in [0.25, 0.3) is 0 Å². The number of ether oxygens (including phenoxy) is 4. The highest BCUT2D eigenvalue weighted by molar-refractivity contribution is 8.01. The summed E-state index contributed by atoms with van der Waals surface area (Å²) in [7, 11) is 3.24. The van der Waals surface area contributed by atoms with Gasteiger partial charge in [0.05, 0.1) is 6.10 Å². The minimum atomic E-state index is -1.05. The van der Waals surface area contributed by atoms with Gasteiger partial charge in [-0.25, -0.2) is 9.59 Å². The lowest BCUT2D eigenvalue weighted by molar-refractivity contribution is -0.243. The molecule has 0 aromatic rings. The second kappa shape index (κ2) is 7.84. The molecule has 0 spiro atoms. The summed E-state index contributed by atoms with van der Waals surface area (Å²) in [6.07, 6.45) is 5.01. The maximum atomic E-state index is 12.4. The van der Waals surface area contributed by atoms with Gasteiger partial charge in [-0.2, -0.15) is 0 Å². The molecule has 0 saturated heterocycles. The molecule has 1 heterocycles. The van der Waals surface area contributed by atoms with Crippen molar-refractivity contribution in [2.24, 2.45) is 17.3 Å². The number of hydrogen-bond acceptors (Lipinski definition) is 7. The highest BCUT2D eigenvalue weighted by Gasteiger charge is 2.65. The second-order valence-electron chi connectivity index (χ2n) is 8.15.